The molecular formula is C22H21N3O3. The fourth-order valence-electron chi connectivity index (χ4n) is 3.46. The van der Waals surface area contributed by atoms with Crippen LogP contribution in [0.4, 0.5) is 5.95 Å². The van der Waals surface area contributed by atoms with Gasteiger partial charge in [0.2, 0.25) is 11.8 Å². The number of hydrogen-bond acceptors (Lipinski definition) is 5. The summed E-state index contributed by atoms with van der Waals surface area (Å²) in [4.78, 5) is 20.2. The van der Waals surface area contributed by atoms with Crippen molar-refractivity contribution in [1.29, 1.82) is 0 Å². The molecule has 1 unspecified atom stereocenters. The van der Waals surface area contributed by atoms with Crippen molar-refractivity contribution in [3.05, 3.63) is 77.0 Å². The van der Waals surface area contributed by atoms with E-state index in [0.29, 0.717) is 17.4 Å². The maximum absolute atomic E-state index is 11.2. The second kappa shape index (κ2) is 7.68. The van der Waals surface area contributed by atoms with Crippen molar-refractivity contribution in [3.63, 3.8) is 0 Å². The third kappa shape index (κ3) is 4.11. The summed E-state index contributed by atoms with van der Waals surface area (Å²) >= 11 is 0. The first-order valence-corrected chi connectivity index (χ1v) is 9.27. The number of benzene rings is 2. The van der Waals surface area contributed by atoms with Crippen molar-refractivity contribution in [2.24, 2.45) is 0 Å². The summed E-state index contributed by atoms with van der Waals surface area (Å²) < 4.78 is 5.83. The Bertz CT molecular complexity index is 1010. The molecule has 1 atom stereocenters. The molecule has 0 aliphatic heterocycles. The van der Waals surface area contributed by atoms with Gasteiger partial charge in [-0.3, -0.25) is 0 Å². The topological polar surface area (TPSA) is 84.3 Å². The molecule has 2 N–H and O–H groups in total. The molecule has 1 aromatic heterocycles. The summed E-state index contributed by atoms with van der Waals surface area (Å²) in [7, 11) is 0. The first kappa shape index (κ1) is 18.0. The summed E-state index contributed by atoms with van der Waals surface area (Å²) in [5.74, 6) is 0.835. The smallest absolute Gasteiger partial charge is 0.335 e. The van der Waals surface area contributed by atoms with Gasteiger partial charge in [-0.05, 0) is 61.6 Å². The minimum absolute atomic E-state index is 0.142. The first-order valence-electron chi connectivity index (χ1n) is 9.27. The molecule has 3 aromatic rings. The van der Waals surface area contributed by atoms with Crippen LogP contribution in [0.2, 0.25) is 0 Å². The van der Waals surface area contributed by atoms with Gasteiger partial charge in [-0.2, -0.15) is 4.98 Å². The fourth-order valence-corrected chi connectivity index (χ4v) is 3.46. The Balaban J connectivity index is 1.50. The fraction of sp³-hybridized carbons (Fsp3) is 0.227. The van der Waals surface area contributed by atoms with Crippen molar-refractivity contribution in [1.82, 2.24) is 9.97 Å². The molecule has 0 saturated heterocycles. The van der Waals surface area contributed by atoms with E-state index in [4.69, 9.17) is 4.74 Å². The molecule has 6 heteroatoms. The number of nitrogens with zero attached hydrogens (tertiary/aromatic N) is 2. The number of carboxylic acids is 1. The molecule has 4 rings (SSSR count). The predicted molar refractivity (Wildman–Crippen MR) is 106 cm³/mol. The number of nitrogens with one attached hydrogen (secondary N) is 1. The Morgan fingerprint density at radius 1 is 1.11 bits per heavy atom. The Labute approximate surface area is 163 Å². The van der Waals surface area contributed by atoms with Crippen molar-refractivity contribution < 1.29 is 14.6 Å². The molecule has 28 heavy (non-hydrogen) atoms. The lowest BCUT2D eigenvalue weighted by atomic mass is 9.87. The van der Waals surface area contributed by atoms with E-state index in [1.165, 1.54) is 5.56 Å². The lowest BCUT2D eigenvalue weighted by molar-refractivity contribution is 0.0696. The number of rotatable bonds is 5. The number of carbonyl (C=O) groups is 1. The summed E-state index contributed by atoms with van der Waals surface area (Å²) in [6.07, 6.45) is 2.57. The summed E-state index contributed by atoms with van der Waals surface area (Å²) in [5, 5.41) is 12.6. The number of ether oxygens (including phenoxy) is 1. The largest absolute Gasteiger partial charge is 0.478 e. The number of hydrogen-bond donors (Lipinski definition) is 2. The predicted octanol–water partition coefficient (Wildman–Crippen LogP) is 4.24. The normalized spacial score (nSPS) is 15.5. The average Bonchev–Trinajstić information content (AvgIpc) is 2.67. The maximum Gasteiger partial charge on any atom is 0.335 e. The SMILES string of the molecule is Cc1cc(Oc2ccccc2)nc(NC2CCc3ccc(C(=O)O)cc3C2)n1. The van der Waals surface area contributed by atoms with Crippen LogP contribution in [0.25, 0.3) is 0 Å². The molecule has 1 heterocycles. The third-order valence-electron chi connectivity index (χ3n) is 4.81. The summed E-state index contributed by atoms with van der Waals surface area (Å²) in [6.45, 7) is 1.90. The van der Waals surface area contributed by atoms with Gasteiger partial charge in [0.1, 0.15) is 5.75 Å². The Morgan fingerprint density at radius 2 is 1.93 bits per heavy atom. The van der Waals surface area contributed by atoms with Gasteiger partial charge in [0, 0.05) is 17.8 Å². The van der Waals surface area contributed by atoms with Crippen LogP contribution in [-0.4, -0.2) is 27.1 Å². The van der Waals surface area contributed by atoms with Crippen molar-refractivity contribution in [2.45, 2.75) is 32.2 Å². The number of fused-ring (bicyclic) bond motifs is 1. The lowest BCUT2D eigenvalue weighted by Crippen LogP contribution is -2.28. The zero-order valence-electron chi connectivity index (χ0n) is 15.6. The second-order valence-electron chi connectivity index (χ2n) is 6.96. The van der Waals surface area contributed by atoms with Gasteiger partial charge >= 0.3 is 5.97 Å². The van der Waals surface area contributed by atoms with E-state index in [1.54, 1.807) is 18.2 Å². The van der Waals surface area contributed by atoms with E-state index < -0.39 is 5.97 Å². The number of aromatic nitrogens is 2. The lowest BCUT2D eigenvalue weighted by Gasteiger charge is -2.26. The first-order chi connectivity index (χ1) is 13.6. The van der Waals surface area contributed by atoms with Crippen LogP contribution in [0.15, 0.2) is 54.6 Å². The van der Waals surface area contributed by atoms with Gasteiger partial charge in [-0.15, -0.1) is 0 Å². The zero-order chi connectivity index (χ0) is 19.5. The molecule has 1 aliphatic carbocycles. The Morgan fingerprint density at radius 3 is 2.71 bits per heavy atom. The minimum atomic E-state index is -0.900. The van der Waals surface area contributed by atoms with E-state index in [1.807, 2.05) is 43.3 Å². The van der Waals surface area contributed by atoms with E-state index >= 15 is 0 Å². The third-order valence-corrected chi connectivity index (χ3v) is 4.81. The van der Waals surface area contributed by atoms with E-state index in [-0.39, 0.29) is 6.04 Å². The molecule has 6 nitrogen and oxygen atoms in total. The summed E-state index contributed by atoms with van der Waals surface area (Å²) in [5.41, 5.74) is 3.41. The van der Waals surface area contributed by atoms with Crippen LogP contribution in [0.3, 0.4) is 0 Å². The number of aromatic carboxylic acids is 1. The highest BCUT2D eigenvalue weighted by Gasteiger charge is 2.21. The number of aryl methyl sites for hydroxylation is 2. The molecule has 0 bridgehead atoms. The second-order valence-corrected chi connectivity index (χ2v) is 6.96. The molecule has 0 radical (unpaired) electrons. The van der Waals surface area contributed by atoms with Crippen LogP contribution >= 0.6 is 0 Å². The molecular weight excluding hydrogens is 354 g/mol. The van der Waals surface area contributed by atoms with Crippen LogP contribution in [-0.2, 0) is 12.8 Å². The van der Waals surface area contributed by atoms with Crippen LogP contribution in [0.5, 0.6) is 11.6 Å². The summed E-state index contributed by atoms with van der Waals surface area (Å²) in [6, 6.07) is 16.8. The van der Waals surface area contributed by atoms with Gasteiger partial charge in [-0.25, -0.2) is 9.78 Å². The molecule has 0 fully saturated rings. The standard InChI is InChI=1S/C22H21N3O3/c1-14-11-20(28-19-5-3-2-4-6-19)25-22(23-14)24-18-10-9-15-7-8-16(21(26)27)12-17(15)13-18/h2-8,11-12,18H,9-10,13H2,1H3,(H,26,27)(H,23,24,25). The monoisotopic (exact) mass is 375 g/mol. The van der Waals surface area contributed by atoms with Gasteiger partial charge in [0.15, 0.2) is 0 Å². The van der Waals surface area contributed by atoms with E-state index in [0.717, 1.165) is 36.3 Å². The van der Waals surface area contributed by atoms with Gasteiger partial charge in [0.05, 0.1) is 5.56 Å². The van der Waals surface area contributed by atoms with Gasteiger partial charge in [0.25, 0.3) is 0 Å². The molecule has 2 aromatic carbocycles. The van der Waals surface area contributed by atoms with Crippen LogP contribution in [0.1, 0.15) is 33.6 Å². The van der Waals surface area contributed by atoms with Crippen LogP contribution in [0, 0.1) is 6.92 Å². The number of para-hydroxylation sites is 1. The Kier molecular flexibility index (Phi) is 4.93. The highest BCUT2D eigenvalue weighted by atomic mass is 16.5. The highest BCUT2D eigenvalue weighted by molar-refractivity contribution is 5.88. The van der Waals surface area contributed by atoms with Gasteiger partial charge < -0.3 is 15.2 Å². The average molecular weight is 375 g/mol. The Hall–Kier alpha value is -3.41. The zero-order valence-corrected chi connectivity index (χ0v) is 15.6. The molecule has 1 aliphatic rings. The molecule has 142 valence electrons. The maximum atomic E-state index is 11.2. The molecule has 0 amide bonds. The minimum Gasteiger partial charge on any atom is -0.478 e. The van der Waals surface area contributed by atoms with Crippen molar-refractivity contribution >= 4 is 11.9 Å². The van der Waals surface area contributed by atoms with E-state index in [2.05, 4.69) is 15.3 Å². The molecule has 0 saturated carbocycles. The highest BCUT2D eigenvalue weighted by Crippen LogP contribution is 2.26. The number of carboxylic acid groups (broad SMARTS) is 1. The number of anilines is 1. The van der Waals surface area contributed by atoms with E-state index in [9.17, 15) is 9.90 Å². The quantitative estimate of drug-likeness (QED) is 0.694. The molecule has 0 spiro atoms. The van der Waals surface area contributed by atoms with Crippen LogP contribution < -0.4 is 10.1 Å². The van der Waals surface area contributed by atoms with Crippen molar-refractivity contribution in [2.75, 3.05) is 5.32 Å². The van der Waals surface area contributed by atoms with Crippen molar-refractivity contribution in [3.8, 4) is 11.6 Å². The van der Waals surface area contributed by atoms with Gasteiger partial charge in [-0.1, -0.05) is 24.3 Å².